The van der Waals surface area contributed by atoms with Crippen LogP contribution in [0.15, 0.2) is 30.3 Å². The van der Waals surface area contributed by atoms with Crippen LogP contribution in [0, 0.1) is 5.92 Å². The van der Waals surface area contributed by atoms with Gasteiger partial charge in [0.15, 0.2) is 0 Å². The number of hydrogen-bond donors (Lipinski definition) is 1. The third-order valence-corrected chi connectivity index (χ3v) is 4.26. The molecule has 1 aromatic carbocycles. The molecule has 5 nitrogen and oxygen atoms in total. The summed E-state index contributed by atoms with van der Waals surface area (Å²) in [6, 6.07) is 9.04. The van der Waals surface area contributed by atoms with Gasteiger partial charge in [0.05, 0.1) is 12.5 Å². The highest BCUT2D eigenvalue weighted by atomic mass is 16.3. The largest absolute Gasteiger partial charge is 0.392 e. The van der Waals surface area contributed by atoms with Crippen molar-refractivity contribution in [2.75, 3.05) is 18.5 Å². The van der Waals surface area contributed by atoms with Crippen molar-refractivity contribution in [2.45, 2.75) is 38.8 Å². The molecule has 1 heterocycles. The smallest absolute Gasteiger partial charge is 0.249 e. The van der Waals surface area contributed by atoms with Crippen LogP contribution < -0.4 is 4.90 Å². The van der Waals surface area contributed by atoms with Crippen LogP contribution in [0.1, 0.15) is 26.7 Å². The van der Waals surface area contributed by atoms with Crippen LogP contribution in [-0.2, 0) is 9.59 Å². The predicted octanol–water partition coefficient (Wildman–Crippen LogP) is 1.66. The zero-order valence-corrected chi connectivity index (χ0v) is 13.4. The zero-order chi connectivity index (χ0) is 16.3. The second-order valence-corrected chi connectivity index (χ2v) is 6.15. The molecule has 120 valence electrons. The Balaban J connectivity index is 2.02. The number of rotatable bonds is 5. The minimum Gasteiger partial charge on any atom is -0.392 e. The number of anilines is 1. The molecule has 5 heteroatoms. The topological polar surface area (TPSA) is 60.9 Å². The van der Waals surface area contributed by atoms with Crippen molar-refractivity contribution < 1.29 is 14.7 Å². The van der Waals surface area contributed by atoms with E-state index in [1.165, 1.54) is 4.90 Å². The molecule has 2 amide bonds. The minimum absolute atomic E-state index is 0.0254. The third-order valence-electron chi connectivity index (χ3n) is 4.26. The van der Waals surface area contributed by atoms with E-state index in [-0.39, 0.29) is 24.2 Å². The lowest BCUT2D eigenvalue weighted by Gasteiger charge is -2.25. The molecule has 1 N–H and O–H groups in total. The van der Waals surface area contributed by atoms with E-state index in [1.807, 2.05) is 44.2 Å². The number of amides is 2. The van der Waals surface area contributed by atoms with Crippen molar-refractivity contribution in [3.8, 4) is 0 Å². The van der Waals surface area contributed by atoms with E-state index in [0.717, 1.165) is 5.69 Å². The van der Waals surface area contributed by atoms with E-state index in [2.05, 4.69) is 0 Å². The van der Waals surface area contributed by atoms with Crippen LogP contribution in [0.2, 0.25) is 0 Å². The Morgan fingerprint density at radius 2 is 2.00 bits per heavy atom. The molecule has 1 saturated heterocycles. The Labute approximate surface area is 131 Å². The molecule has 1 aromatic rings. The van der Waals surface area contributed by atoms with Gasteiger partial charge in [-0.2, -0.15) is 0 Å². The van der Waals surface area contributed by atoms with Gasteiger partial charge in [-0.15, -0.1) is 0 Å². The van der Waals surface area contributed by atoms with Crippen molar-refractivity contribution in [3.63, 3.8) is 0 Å². The van der Waals surface area contributed by atoms with Gasteiger partial charge in [-0.05, 0) is 24.5 Å². The van der Waals surface area contributed by atoms with Crippen molar-refractivity contribution >= 4 is 17.5 Å². The predicted molar refractivity (Wildman–Crippen MR) is 85.4 cm³/mol. The van der Waals surface area contributed by atoms with Gasteiger partial charge < -0.3 is 14.9 Å². The van der Waals surface area contributed by atoms with Gasteiger partial charge in [0, 0.05) is 19.3 Å². The number of para-hydroxylation sites is 1. The highest BCUT2D eigenvalue weighted by molar-refractivity contribution is 6.01. The van der Waals surface area contributed by atoms with Crippen molar-refractivity contribution in [2.24, 2.45) is 5.92 Å². The van der Waals surface area contributed by atoms with Crippen LogP contribution in [0.4, 0.5) is 5.69 Å². The molecular formula is C17H24N2O3. The van der Waals surface area contributed by atoms with Crippen LogP contribution in [0.5, 0.6) is 0 Å². The lowest BCUT2D eigenvalue weighted by Crippen LogP contribution is -2.44. The summed E-state index contributed by atoms with van der Waals surface area (Å²) in [7, 11) is 1.65. The van der Waals surface area contributed by atoms with Crippen LogP contribution >= 0.6 is 0 Å². The number of carbonyl (C=O) groups excluding carboxylic acids is 2. The first-order valence-electron chi connectivity index (χ1n) is 7.72. The summed E-state index contributed by atoms with van der Waals surface area (Å²) < 4.78 is 0. The molecule has 2 unspecified atom stereocenters. The van der Waals surface area contributed by atoms with Gasteiger partial charge in [-0.25, -0.2) is 0 Å². The fourth-order valence-electron chi connectivity index (χ4n) is 2.62. The summed E-state index contributed by atoms with van der Waals surface area (Å²) in [5.41, 5.74) is 0.859. The molecule has 22 heavy (non-hydrogen) atoms. The number of carbonyl (C=O) groups is 2. The van der Waals surface area contributed by atoms with E-state index in [1.54, 1.807) is 11.9 Å². The molecule has 0 radical (unpaired) electrons. The maximum Gasteiger partial charge on any atom is 0.249 e. The standard InChI is InChI=1S/C17H24N2O3/c1-12(2)15(20)11-16(21)18(3)14-9-10-19(17(14)22)13-7-5-4-6-8-13/h4-8,12,14-15,20H,9-11H2,1-3H3. The van der Waals surface area contributed by atoms with E-state index in [4.69, 9.17) is 0 Å². The maximum atomic E-state index is 12.5. The quantitative estimate of drug-likeness (QED) is 0.900. The SMILES string of the molecule is CC(C)C(O)CC(=O)N(C)C1CCN(c2ccccc2)C1=O. The van der Waals surface area contributed by atoms with Crippen molar-refractivity contribution in [3.05, 3.63) is 30.3 Å². The van der Waals surface area contributed by atoms with E-state index < -0.39 is 12.1 Å². The van der Waals surface area contributed by atoms with Gasteiger partial charge in [-0.3, -0.25) is 9.59 Å². The Hall–Kier alpha value is -1.88. The van der Waals surface area contributed by atoms with Crippen molar-refractivity contribution in [1.29, 1.82) is 0 Å². The van der Waals surface area contributed by atoms with Crippen molar-refractivity contribution in [1.82, 2.24) is 4.90 Å². The highest BCUT2D eigenvalue weighted by Crippen LogP contribution is 2.24. The number of aliphatic hydroxyl groups excluding tert-OH is 1. The Morgan fingerprint density at radius 3 is 2.59 bits per heavy atom. The van der Waals surface area contributed by atoms with Crippen LogP contribution in [0.25, 0.3) is 0 Å². The molecule has 1 fully saturated rings. The molecule has 0 aromatic heterocycles. The number of hydrogen-bond acceptors (Lipinski definition) is 3. The maximum absolute atomic E-state index is 12.5. The number of nitrogens with zero attached hydrogens (tertiary/aromatic N) is 2. The molecule has 2 atom stereocenters. The normalized spacial score (nSPS) is 19.6. The van der Waals surface area contributed by atoms with Crippen LogP contribution in [0.3, 0.4) is 0 Å². The van der Waals surface area contributed by atoms with E-state index >= 15 is 0 Å². The second-order valence-electron chi connectivity index (χ2n) is 6.15. The van der Waals surface area contributed by atoms with Gasteiger partial charge in [0.25, 0.3) is 0 Å². The summed E-state index contributed by atoms with van der Waals surface area (Å²) in [4.78, 5) is 28.0. The van der Waals surface area contributed by atoms with Gasteiger partial charge in [0.2, 0.25) is 11.8 Å². The van der Waals surface area contributed by atoms with E-state index in [0.29, 0.717) is 13.0 Å². The third kappa shape index (κ3) is 3.47. The first kappa shape index (κ1) is 16.5. The Morgan fingerprint density at radius 1 is 1.36 bits per heavy atom. The Kier molecular flexibility index (Phi) is 5.19. The molecule has 0 spiro atoms. The summed E-state index contributed by atoms with van der Waals surface area (Å²) in [5, 5.41) is 9.84. The molecule has 0 aliphatic carbocycles. The monoisotopic (exact) mass is 304 g/mol. The second kappa shape index (κ2) is 6.92. The minimum atomic E-state index is -0.670. The molecular weight excluding hydrogens is 280 g/mol. The molecule has 0 saturated carbocycles. The fraction of sp³-hybridized carbons (Fsp3) is 0.529. The molecule has 2 rings (SSSR count). The highest BCUT2D eigenvalue weighted by Gasteiger charge is 2.37. The average molecular weight is 304 g/mol. The lowest BCUT2D eigenvalue weighted by molar-refractivity contribution is -0.138. The lowest BCUT2D eigenvalue weighted by atomic mass is 10.0. The van der Waals surface area contributed by atoms with Crippen LogP contribution in [-0.4, -0.2) is 47.6 Å². The fourth-order valence-corrected chi connectivity index (χ4v) is 2.62. The summed E-state index contributed by atoms with van der Waals surface area (Å²) in [5.74, 6) is -0.215. The molecule has 1 aliphatic heterocycles. The summed E-state index contributed by atoms with van der Waals surface area (Å²) >= 11 is 0. The number of aliphatic hydroxyl groups is 1. The molecule has 0 bridgehead atoms. The van der Waals surface area contributed by atoms with Gasteiger partial charge in [-0.1, -0.05) is 32.0 Å². The average Bonchev–Trinajstić information content (AvgIpc) is 2.88. The van der Waals surface area contributed by atoms with Gasteiger partial charge >= 0.3 is 0 Å². The first-order valence-corrected chi connectivity index (χ1v) is 7.72. The number of likely N-dealkylation sites (N-methyl/N-ethyl adjacent to an activating group) is 1. The summed E-state index contributed by atoms with van der Waals surface area (Å²) in [6.45, 7) is 4.35. The number of benzene rings is 1. The first-order chi connectivity index (χ1) is 10.4. The van der Waals surface area contributed by atoms with E-state index in [9.17, 15) is 14.7 Å². The molecule has 1 aliphatic rings. The van der Waals surface area contributed by atoms with Gasteiger partial charge in [0.1, 0.15) is 6.04 Å². The Bertz CT molecular complexity index is 530. The summed E-state index contributed by atoms with van der Waals surface area (Å²) in [6.07, 6.45) is 0.00786. The zero-order valence-electron chi connectivity index (χ0n) is 13.4.